The molecule has 0 aromatic heterocycles. The van der Waals surface area contributed by atoms with Gasteiger partial charge in [-0.25, -0.2) is 9.59 Å². The molecule has 0 saturated heterocycles. The summed E-state index contributed by atoms with van der Waals surface area (Å²) in [6.45, 7) is 6.89. The second kappa shape index (κ2) is 17.2. The van der Waals surface area contributed by atoms with E-state index in [0.29, 0.717) is 54.5 Å². The van der Waals surface area contributed by atoms with Crippen molar-refractivity contribution in [3.05, 3.63) is 74.5 Å². The minimum atomic E-state index is -1.23. The van der Waals surface area contributed by atoms with E-state index in [0.717, 1.165) is 42.4 Å². The maximum absolute atomic E-state index is 12.6. The van der Waals surface area contributed by atoms with Crippen molar-refractivity contribution in [3.63, 3.8) is 0 Å². The van der Waals surface area contributed by atoms with E-state index in [9.17, 15) is 19.5 Å². The maximum Gasteiger partial charge on any atom is 0.350 e. The first-order chi connectivity index (χ1) is 23.4. The molecule has 3 aliphatic rings. The van der Waals surface area contributed by atoms with Crippen LogP contribution >= 0.6 is 23.2 Å². The van der Waals surface area contributed by atoms with Gasteiger partial charge < -0.3 is 28.8 Å². The molecule has 4 atom stereocenters. The number of benzene rings is 2. The zero-order valence-electron chi connectivity index (χ0n) is 29.1. The van der Waals surface area contributed by atoms with Crippen molar-refractivity contribution in [2.75, 3.05) is 34.0 Å². The van der Waals surface area contributed by atoms with Crippen LogP contribution in [0.3, 0.4) is 0 Å². The van der Waals surface area contributed by atoms with Crippen LogP contribution in [0.5, 0.6) is 0 Å². The van der Waals surface area contributed by atoms with E-state index in [1.54, 1.807) is 33.3 Å². The summed E-state index contributed by atoms with van der Waals surface area (Å²) in [4.78, 5) is 37.8. The lowest BCUT2D eigenvalue weighted by Crippen LogP contribution is -2.49. The molecule has 2 saturated carbocycles. The lowest BCUT2D eigenvalue weighted by molar-refractivity contribution is -0.189. The number of carbonyl (C=O) groups excluding carboxylic acids is 3. The maximum atomic E-state index is 12.6. The first kappa shape index (κ1) is 38.7. The molecular formula is C38H48Cl2O9. The normalized spacial score (nSPS) is 25.0. The number of carbonyl (C=O) groups is 3. The van der Waals surface area contributed by atoms with Gasteiger partial charge in [0, 0.05) is 49.5 Å². The van der Waals surface area contributed by atoms with Gasteiger partial charge in [0.15, 0.2) is 11.4 Å². The summed E-state index contributed by atoms with van der Waals surface area (Å²) in [5.74, 6) is -0.961. The molecule has 0 amide bonds. The molecule has 1 aliphatic heterocycles. The summed E-state index contributed by atoms with van der Waals surface area (Å²) in [6, 6.07) is 10.9. The number of aliphatic hydroxyl groups is 1. The van der Waals surface area contributed by atoms with Crippen molar-refractivity contribution in [1.82, 2.24) is 0 Å². The molecule has 4 unspecified atom stereocenters. The number of rotatable bonds is 10. The molecule has 2 aliphatic carbocycles. The van der Waals surface area contributed by atoms with Gasteiger partial charge in [0.25, 0.3) is 0 Å². The number of aliphatic hydroxyl groups excluding tert-OH is 1. The molecular weight excluding hydrogens is 671 g/mol. The van der Waals surface area contributed by atoms with Gasteiger partial charge in [-0.05, 0) is 106 Å². The molecule has 1 N–H and O–H groups in total. The van der Waals surface area contributed by atoms with Gasteiger partial charge >= 0.3 is 17.9 Å². The topological polar surface area (TPSA) is 118 Å². The third-order valence-corrected chi connectivity index (χ3v) is 10.4. The van der Waals surface area contributed by atoms with Crippen LogP contribution in [0.15, 0.2) is 42.2 Å². The Balaban J connectivity index is 0.000000222. The smallest absolute Gasteiger partial charge is 0.350 e. The fraction of sp³-hybridized carbons (Fsp3) is 0.553. The van der Waals surface area contributed by atoms with Crippen LogP contribution in [0.1, 0.15) is 80.5 Å². The molecule has 1 heterocycles. The van der Waals surface area contributed by atoms with E-state index in [2.05, 4.69) is 0 Å². The molecule has 2 fully saturated rings. The van der Waals surface area contributed by atoms with Crippen molar-refractivity contribution in [1.29, 1.82) is 0 Å². The second-order valence-electron chi connectivity index (χ2n) is 13.3. The predicted octanol–water partition coefficient (Wildman–Crippen LogP) is 7.92. The third kappa shape index (κ3) is 8.98. The quantitative estimate of drug-likeness (QED) is 0.193. The number of aryl methyl sites for hydroxylation is 2. The van der Waals surface area contributed by atoms with Gasteiger partial charge in [0.1, 0.15) is 5.57 Å². The SMILES string of the molecule is CCOC(=O)C1(OC(=O)Cc2c(C)cccc2Cl)CCCC(COC)C1.COCC1CCCC2(C1)OC(=O)C(c1c(C)cccc1Cl)=C2O. The van der Waals surface area contributed by atoms with Crippen LogP contribution in [-0.2, 0) is 44.5 Å². The Morgan fingerprint density at radius 1 is 0.918 bits per heavy atom. The van der Waals surface area contributed by atoms with Crippen molar-refractivity contribution in [2.45, 2.75) is 89.8 Å². The average molecular weight is 720 g/mol. The van der Waals surface area contributed by atoms with Crippen molar-refractivity contribution in [2.24, 2.45) is 11.8 Å². The summed E-state index contributed by atoms with van der Waals surface area (Å²) in [5.41, 5.74) is 1.12. The lowest BCUT2D eigenvalue weighted by Gasteiger charge is -2.38. The fourth-order valence-electron chi connectivity index (χ4n) is 7.40. The summed E-state index contributed by atoms with van der Waals surface area (Å²) in [5, 5.41) is 11.8. The second-order valence-corrected chi connectivity index (χ2v) is 14.1. The Kier molecular flexibility index (Phi) is 13.6. The molecule has 268 valence electrons. The van der Waals surface area contributed by atoms with E-state index in [4.69, 9.17) is 46.9 Å². The standard InChI is InChI=1S/C20H27ClO5.C18H21ClO4/c1-4-25-19(23)20(10-6-8-15(12-20)13-24-3)26-18(22)11-16-14(2)7-5-9-17(16)21;1-11-5-3-7-13(19)14(11)15-16(20)18(23-17(15)21)8-4-6-12(9-18)10-22-2/h5,7,9,15H,4,6,8,10-13H2,1-3H3;3,5,7,12,20H,4,6,8-10H2,1-2H3. The highest BCUT2D eigenvalue weighted by Gasteiger charge is 2.52. The minimum Gasteiger partial charge on any atom is -0.507 e. The highest BCUT2D eigenvalue weighted by molar-refractivity contribution is 6.35. The Labute approximate surface area is 299 Å². The Bertz CT molecular complexity index is 1490. The van der Waals surface area contributed by atoms with Gasteiger partial charge in [0.05, 0.1) is 13.0 Å². The van der Waals surface area contributed by atoms with Crippen LogP contribution in [0.4, 0.5) is 0 Å². The third-order valence-electron chi connectivity index (χ3n) is 9.69. The fourth-order valence-corrected chi connectivity index (χ4v) is 8.00. The average Bonchev–Trinajstić information content (AvgIpc) is 3.27. The molecule has 2 aromatic rings. The number of esters is 3. The molecule has 11 heteroatoms. The zero-order valence-corrected chi connectivity index (χ0v) is 30.6. The van der Waals surface area contributed by atoms with Crippen molar-refractivity contribution >= 4 is 46.7 Å². The molecule has 2 aromatic carbocycles. The molecule has 9 nitrogen and oxygen atoms in total. The van der Waals surface area contributed by atoms with Crippen LogP contribution in [0.25, 0.3) is 5.57 Å². The summed E-state index contributed by atoms with van der Waals surface area (Å²) < 4.78 is 27.1. The summed E-state index contributed by atoms with van der Waals surface area (Å²) in [6.07, 6.45) is 5.78. The van der Waals surface area contributed by atoms with Gasteiger partial charge in [-0.1, -0.05) is 47.5 Å². The largest absolute Gasteiger partial charge is 0.507 e. The van der Waals surface area contributed by atoms with Crippen LogP contribution in [0, 0.1) is 25.7 Å². The highest BCUT2D eigenvalue weighted by atomic mass is 35.5. The molecule has 1 spiro atoms. The first-order valence-electron chi connectivity index (χ1n) is 16.9. The molecule has 5 rings (SSSR count). The van der Waals surface area contributed by atoms with Gasteiger partial charge in [-0.3, -0.25) is 4.79 Å². The molecule has 0 bridgehead atoms. The number of ether oxygens (including phenoxy) is 5. The van der Waals surface area contributed by atoms with Crippen molar-refractivity contribution in [3.8, 4) is 0 Å². The molecule has 49 heavy (non-hydrogen) atoms. The number of hydrogen-bond acceptors (Lipinski definition) is 9. The van der Waals surface area contributed by atoms with Gasteiger partial charge in [-0.15, -0.1) is 0 Å². The van der Waals surface area contributed by atoms with Gasteiger partial charge in [0.2, 0.25) is 5.60 Å². The van der Waals surface area contributed by atoms with E-state index in [1.807, 2.05) is 38.1 Å². The summed E-state index contributed by atoms with van der Waals surface area (Å²) >= 11 is 12.5. The Hall–Kier alpha value is -3.11. The lowest BCUT2D eigenvalue weighted by atomic mass is 9.76. The monoisotopic (exact) mass is 718 g/mol. The van der Waals surface area contributed by atoms with Gasteiger partial charge in [-0.2, -0.15) is 0 Å². The number of halogens is 2. The minimum absolute atomic E-state index is 0.0273. The highest BCUT2D eigenvalue weighted by Crippen LogP contribution is 2.48. The van der Waals surface area contributed by atoms with E-state index < -0.39 is 29.1 Å². The predicted molar refractivity (Wildman–Crippen MR) is 188 cm³/mol. The van der Waals surface area contributed by atoms with Crippen LogP contribution < -0.4 is 0 Å². The first-order valence-corrected chi connectivity index (χ1v) is 17.7. The van der Waals surface area contributed by atoms with Crippen LogP contribution in [0.2, 0.25) is 10.0 Å². The van der Waals surface area contributed by atoms with Crippen molar-refractivity contribution < 1.29 is 43.2 Å². The Morgan fingerprint density at radius 3 is 2.14 bits per heavy atom. The van der Waals surface area contributed by atoms with Crippen LogP contribution in [-0.4, -0.2) is 68.3 Å². The molecule has 0 radical (unpaired) electrons. The van der Waals surface area contributed by atoms with E-state index >= 15 is 0 Å². The Morgan fingerprint density at radius 2 is 1.53 bits per heavy atom. The van der Waals surface area contributed by atoms with E-state index in [1.165, 1.54) is 0 Å². The summed E-state index contributed by atoms with van der Waals surface area (Å²) in [7, 11) is 3.29. The number of hydrogen-bond donors (Lipinski definition) is 1. The zero-order chi connectivity index (χ0) is 35.8. The number of methoxy groups -OCH3 is 2. The van der Waals surface area contributed by atoms with E-state index in [-0.39, 0.29) is 36.2 Å².